The number of aromatic nitrogens is 2. The number of nitrogens with two attached hydrogens (primary N) is 1. The van der Waals surface area contributed by atoms with Gasteiger partial charge in [-0.2, -0.15) is 5.10 Å². The standard InChI is InChI=1S/C5H6BrN3O/c6-2-3-1-4(5(7)10)9-8-3/h1H,2H2,(H2,7,10)(H,8,9). The third kappa shape index (κ3) is 1.36. The van der Waals surface area contributed by atoms with Gasteiger partial charge in [-0.1, -0.05) is 15.9 Å². The maximum Gasteiger partial charge on any atom is 0.269 e. The average Bonchev–Trinajstić information content (AvgIpc) is 2.34. The largest absolute Gasteiger partial charge is 0.364 e. The summed E-state index contributed by atoms with van der Waals surface area (Å²) in [6.07, 6.45) is 0. The Bertz CT molecular complexity index is 245. The lowest BCUT2D eigenvalue weighted by atomic mass is 10.4. The molecule has 0 fully saturated rings. The first-order valence-corrected chi connectivity index (χ1v) is 3.76. The van der Waals surface area contributed by atoms with Crippen molar-refractivity contribution in [1.29, 1.82) is 0 Å². The van der Waals surface area contributed by atoms with Crippen LogP contribution in [0.2, 0.25) is 0 Å². The molecule has 0 aliphatic heterocycles. The van der Waals surface area contributed by atoms with Crippen LogP contribution in [-0.4, -0.2) is 16.1 Å². The lowest BCUT2D eigenvalue weighted by Crippen LogP contribution is -2.10. The van der Waals surface area contributed by atoms with Crippen molar-refractivity contribution in [2.75, 3.05) is 0 Å². The fourth-order valence-corrected chi connectivity index (χ4v) is 0.844. The normalized spacial score (nSPS) is 9.70. The molecule has 4 nitrogen and oxygen atoms in total. The van der Waals surface area contributed by atoms with Crippen molar-refractivity contribution in [2.45, 2.75) is 5.33 Å². The van der Waals surface area contributed by atoms with Crippen LogP contribution in [0, 0.1) is 0 Å². The smallest absolute Gasteiger partial charge is 0.269 e. The summed E-state index contributed by atoms with van der Waals surface area (Å²) >= 11 is 3.20. The van der Waals surface area contributed by atoms with E-state index in [4.69, 9.17) is 5.73 Å². The quantitative estimate of drug-likeness (QED) is 0.684. The second-order valence-corrected chi connectivity index (χ2v) is 2.34. The number of rotatable bonds is 2. The van der Waals surface area contributed by atoms with Crippen LogP contribution >= 0.6 is 15.9 Å². The van der Waals surface area contributed by atoms with Crippen molar-refractivity contribution in [1.82, 2.24) is 10.2 Å². The predicted octanol–water partition coefficient (Wildman–Crippen LogP) is 0.404. The molecule has 0 aromatic carbocycles. The number of aromatic amines is 1. The summed E-state index contributed by atoms with van der Waals surface area (Å²) in [5, 5.41) is 6.94. The highest BCUT2D eigenvalue weighted by Crippen LogP contribution is 2.02. The third-order valence-electron chi connectivity index (χ3n) is 1.03. The molecule has 0 aliphatic rings. The fourth-order valence-electron chi connectivity index (χ4n) is 0.556. The number of nitrogens with zero attached hydrogens (tertiary/aromatic N) is 1. The molecule has 0 spiro atoms. The van der Waals surface area contributed by atoms with E-state index in [9.17, 15) is 4.79 Å². The van der Waals surface area contributed by atoms with Gasteiger partial charge in [0, 0.05) is 11.0 Å². The molecule has 10 heavy (non-hydrogen) atoms. The SMILES string of the molecule is NC(=O)c1cc(CBr)[nH]n1. The molecule has 0 saturated heterocycles. The topological polar surface area (TPSA) is 71.8 Å². The van der Waals surface area contributed by atoms with Gasteiger partial charge in [-0.25, -0.2) is 0 Å². The van der Waals surface area contributed by atoms with Crippen LogP contribution in [0.3, 0.4) is 0 Å². The lowest BCUT2D eigenvalue weighted by molar-refractivity contribution is 0.0995. The van der Waals surface area contributed by atoms with Crippen LogP contribution in [0.25, 0.3) is 0 Å². The Balaban J connectivity index is 2.88. The van der Waals surface area contributed by atoms with Crippen LogP contribution in [0.4, 0.5) is 0 Å². The minimum absolute atomic E-state index is 0.273. The maximum atomic E-state index is 10.5. The molecule has 0 unspecified atom stereocenters. The van der Waals surface area contributed by atoms with Crippen LogP contribution < -0.4 is 5.73 Å². The van der Waals surface area contributed by atoms with E-state index in [1.807, 2.05) is 0 Å². The molecule has 1 aromatic heterocycles. The Kier molecular flexibility index (Phi) is 2.06. The zero-order valence-corrected chi connectivity index (χ0v) is 6.68. The molecule has 0 saturated carbocycles. The number of alkyl halides is 1. The van der Waals surface area contributed by atoms with Crippen LogP contribution in [0.15, 0.2) is 6.07 Å². The number of nitrogens with one attached hydrogen (secondary N) is 1. The van der Waals surface area contributed by atoms with E-state index in [0.29, 0.717) is 5.33 Å². The molecular formula is C5H6BrN3O. The van der Waals surface area contributed by atoms with E-state index in [1.165, 1.54) is 0 Å². The molecule has 1 aromatic rings. The number of carbonyl (C=O) groups is 1. The highest BCUT2D eigenvalue weighted by atomic mass is 79.9. The first-order valence-electron chi connectivity index (χ1n) is 2.64. The Labute approximate surface area is 65.9 Å². The molecular weight excluding hydrogens is 198 g/mol. The fraction of sp³-hybridized carbons (Fsp3) is 0.200. The number of hydrogen-bond acceptors (Lipinski definition) is 2. The monoisotopic (exact) mass is 203 g/mol. The minimum Gasteiger partial charge on any atom is -0.364 e. The molecule has 0 aliphatic carbocycles. The van der Waals surface area contributed by atoms with Crippen molar-refractivity contribution in [3.05, 3.63) is 17.5 Å². The van der Waals surface area contributed by atoms with Gasteiger partial charge in [0.1, 0.15) is 5.69 Å². The van der Waals surface area contributed by atoms with Crippen molar-refractivity contribution >= 4 is 21.8 Å². The van der Waals surface area contributed by atoms with Gasteiger partial charge in [0.2, 0.25) is 0 Å². The number of H-pyrrole nitrogens is 1. The number of carbonyl (C=O) groups excluding carboxylic acids is 1. The van der Waals surface area contributed by atoms with Crippen LogP contribution in [-0.2, 0) is 5.33 Å². The number of halogens is 1. The van der Waals surface area contributed by atoms with E-state index < -0.39 is 5.91 Å². The summed E-state index contributed by atoms with van der Waals surface area (Å²) in [7, 11) is 0. The van der Waals surface area contributed by atoms with Gasteiger partial charge >= 0.3 is 0 Å². The average molecular weight is 204 g/mol. The van der Waals surface area contributed by atoms with Gasteiger partial charge in [-0.3, -0.25) is 9.89 Å². The van der Waals surface area contributed by atoms with Gasteiger partial charge in [0.15, 0.2) is 0 Å². The Morgan fingerprint density at radius 2 is 2.60 bits per heavy atom. The summed E-state index contributed by atoms with van der Waals surface area (Å²) in [6.45, 7) is 0. The molecule has 54 valence electrons. The summed E-state index contributed by atoms with van der Waals surface area (Å²) in [5.41, 5.74) is 6.06. The summed E-state index contributed by atoms with van der Waals surface area (Å²) in [5.74, 6) is -0.511. The molecule has 1 amide bonds. The number of amides is 1. The van der Waals surface area contributed by atoms with Crippen molar-refractivity contribution in [3.8, 4) is 0 Å². The molecule has 1 heterocycles. The van der Waals surface area contributed by atoms with Crippen molar-refractivity contribution in [2.24, 2.45) is 5.73 Å². The first kappa shape index (κ1) is 7.27. The van der Waals surface area contributed by atoms with E-state index in [0.717, 1.165) is 5.69 Å². The molecule has 3 N–H and O–H groups in total. The highest BCUT2D eigenvalue weighted by Gasteiger charge is 2.03. The second-order valence-electron chi connectivity index (χ2n) is 1.78. The summed E-state index contributed by atoms with van der Waals surface area (Å²) in [6, 6.07) is 1.61. The van der Waals surface area contributed by atoms with Crippen molar-refractivity contribution < 1.29 is 4.79 Å². The first-order chi connectivity index (χ1) is 4.74. The zero-order chi connectivity index (χ0) is 7.56. The summed E-state index contributed by atoms with van der Waals surface area (Å²) in [4.78, 5) is 10.5. The van der Waals surface area contributed by atoms with Gasteiger partial charge < -0.3 is 5.73 Å². The van der Waals surface area contributed by atoms with E-state index in [2.05, 4.69) is 26.1 Å². The summed E-state index contributed by atoms with van der Waals surface area (Å²) < 4.78 is 0. The number of primary amides is 1. The molecule has 1 rings (SSSR count). The van der Waals surface area contributed by atoms with E-state index >= 15 is 0 Å². The van der Waals surface area contributed by atoms with Crippen LogP contribution in [0.5, 0.6) is 0 Å². The van der Waals surface area contributed by atoms with Crippen molar-refractivity contribution in [3.63, 3.8) is 0 Å². The Morgan fingerprint density at radius 1 is 1.90 bits per heavy atom. The third-order valence-corrected chi connectivity index (χ3v) is 1.63. The van der Waals surface area contributed by atoms with Gasteiger partial charge in [-0.05, 0) is 6.07 Å². The molecule has 0 radical (unpaired) electrons. The molecule has 5 heteroatoms. The van der Waals surface area contributed by atoms with Gasteiger partial charge in [-0.15, -0.1) is 0 Å². The number of hydrogen-bond donors (Lipinski definition) is 2. The molecule has 0 bridgehead atoms. The van der Waals surface area contributed by atoms with E-state index in [-0.39, 0.29) is 5.69 Å². The van der Waals surface area contributed by atoms with Crippen LogP contribution in [0.1, 0.15) is 16.2 Å². The maximum absolute atomic E-state index is 10.5. The Morgan fingerprint density at radius 3 is 2.90 bits per heavy atom. The predicted molar refractivity (Wildman–Crippen MR) is 39.7 cm³/mol. The minimum atomic E-state index is -0.511. The lowest BCUT2D eigenvalue weighted by Gasteiger charge is -1.80. The zero-order valence-electron chi connectivity index (χ0n) is 5.10. The van der Waals surface area contributed by atoms with E-state index in [1.54, 1.807) is 6.07 Å². The second kappa shape index (κ2) is 2.83. The highest BCUT2D eigenvalue weighted by molar-refractivity contribution is 9.08. The molecule has 0 atom stereocenters. The Hall–Kier alpha value is -0.840. The van der Waals surface area contributed by atoms with Gasteiger partial charge in [0.05, 0.1) is 0 Å². The van der Waals surface area contributed by atoms with Gasteiger partial charge in [0.25, 0.3) is 5.91 Å².